The van der Waals surface area contributed by atoms with Crippen LogP contribution in [0.4, 0.5) is 11.4 Å². The van der Waals surface area contributed by atoms with Crippen molar-refractivity contribution in [2.45, 2.75) is 32.2 Å². The van der Waals surface area contributed by atoms with Gasteiger partial charge in [-0.3, -0.25) is 10.1 Å². The number of hydrogen-bond donors (Lipinski definition) is 1. The van der Waals surface area contributed by atoms with Crippen LogP contribution in [0.5, 0.6) is 0 Å². The second-order valence-corrected chi connectivity index (χ2v) is 4.44. The lowest BCUT2D eigenvalue weighted by molar-refractivity contribution is -0.384. The number of rotatable bonds is 3. The Bertz CT molecular complexity index is 455. The molecule has 0 amide bonds. The van der Waals surface area contributed by atoms with Gasteiger partial charge in [-0.1, -0.05) is 12.2 Å². The summed E-state index contributed by atoms with van der Waals surface area (Å²) >= 11 is 0. The van der Waals surface area contributed by atoms with Gasteiger partial charge in [-0.2, -0.15) is 0 Å². The van der Waals surface area contributed by atoms with Crippen LogP contribution in [0.15, 0.2) is 30.4 Å². The average molecular weight is 232 g/mol. The van der Waals surface area contributed by atoms with Crippen molar-refractivity contribution in [2.24, 2.45) is 0 Å². The molecule has 2 rings (SSSR count). The molecule has 0 saturated carbocycles. The van der Waals surface area contributed by atoms with E-state index in [9.17, 15) is 10.1 Å². The Morgan fingerprint density at radius 1 is 1.35 bits per heavy atom. The van der Waals surface area contributed by atoms with Crippen molar-refractivity contribution < 1.29 is 4.92 Å². The van der Waals surface area contributed by atoms with Crippen molar-refractivity contribution in [3.8, 4) is 0 Å². The monoisotopic (exact) mass is 232 g/mol. The zero-order chi connectivity index (χ0) is 12.3. The molecule has 0 fully saturated rings. The molecule has 0 spiro atoms. The van der Waals surface area contributed by atoms with Crippen molar-refractivity contribution >= 4 is 11.4 Å². The summed E-state index contributed by atoms with van der Waals surface area (Å²) in [6.07, 6.45) is 7.48. The summed E-state index contributed by atoms with van der Waals surface area (Å²) in [7, 11) is 0. The minimum atomic E-state index is -0.348. The first-order valence-electron chi connectivity index (χ1n) is 5.83. The number of allylic oxidation sites excluding steroid dienone is 1. The lowest BCUT2D eigenvalue weighted by Gasteiger charge is -2.20. The minimum Gasteiger partial charge on any atom is -0.382 e. The molecule has 0 aliphatic heterocycles. The van der Waals surface area contributed by atoms with Gasteiger partial charge in [-0.05, 0) is 37.8 Å². The molecule has 0 heterocycles. The van der Waals surface area contributed by atoms with Crippen LogP contribution in [0.3, 0.4) is 0 Å². The van der Waals surface area contributed by atoms with Crippen LogP contribution in [0.25, 0.3) is 0 Å². The molecule has 0 radical (unpaired) electrons. The second kappa shape index (κ2) is 4.99. The van der Waals surface area contributed by atoms with Crippen LogP contribution in [0.1, 0.15) is 24.8 Å². The molecule has 1 aliphatic rings. The van der Waals surface area contributed by atoms with Gasteiger partial charge in [0.25, 0.3) is 5.69 Å². The van der Waals surface area contributed by atoms with E-state index in [0.29, 0.717) is 6.04 Å². The van der Waals surface area contributed by atoms with Crippen LogP contribution in [0.2, 0.25) is 0 Å². The first-order valence-corrected chi connectivity index (χ1v) is 5.83. The van der Waals surface area contributed by atoms with Gasteiger partial charge in [0.15, 0.2) is 0 Å². The predicted molar refractivity (Wildman–Crippen MR) is 68.2 cm³/mol. The van der Waals surface area contributed by atoms with Crippen LogP contribution in [0, 0.1) is 17.0 Å². The molecule has 1 aromatic carbocycles. The highest BCUT2D eigenvalue weighted by Gasteiger charge is 2.12. The Labute approximate surface area is 100 Å². The van der Waals surface area contributed by atoms with Gasteiger partial charge in [0.05, 0.1) is 4.92 Å². The van der Waals surface area contributed by atoms with E-state index in [4.69, 9.17) is 0 Å². The maximum Gasteiger partial charge on any atom is 0.271 e. The molecule has 90 valence electrons. The number of nitrogens with zero attached hydrogens (tertiary/aromatic N) is 1. The summed E-state index contributed by atoms with van der Waals surface area (Å²) in [5, 5.41) is 14.1. The van der Waals surface area contributed by atoms with E-state index in [0.717, 1.165) is 30.5 Å². The molecule has 1 atom stereocenters. The standard InChI is InChI=1S/C13H16N2O2/c1-10-7-12(9-13(8-10)15(16)17)14-11-5-3-2-4-6-11/h2-3,7-9,11,14H,4-6H2,1H3. The number of benzene rings is 1. The molecule has 1 N–H and O–H groups in total. The summed E-state index contributed by atoms with van der Waals surface area (Å²) in [4.78, 5) is 10.4. The van der Waals surface area contributed by atoms with Gasteiger partial charge in [-0.15, -0.1) is 0 Å². The van der Waals surface area contributed by atoms with Crippen LogP contribution < -0.4 is 5.32 Å². The van der Waals surface area contributed by atoms with E-state index in [1.807, 2.05) is 13.0 Å². The highest BCUT2D eigenvalue weighted by Crippen LogP contribution is 2.23. The van der Waals surface area contributed by atoms with Crippen LogP contribution in [-0.2, 0) is 0 Å². The van der Waals surface area contributed by atoms with E-state index in [1.165, 1.54) is 0 Å². The molecule has 1 aliphatic carbocycles. The maximum atomic E-state index is 10.8. The van der Waals surface area contributed by atoms with Crippen molar-refractivity contribution in [1.29, 1.82) is 0 Å². The number of non-ortho nitro benzene ring substituents is 1. The highest BCUT2D eigenvalue weighted by molar-refractivity contribution is 5.54. The van der Waals surface area contributed by atoms with E-state index in [1.54, 1.807) is 12.1 Å². The van der Waals surface area contributed by atoms with Crippen LogP contribution >= 0.6 is 0 Å². The fraction of sp³-hybridized carbons (Fsp3) is 0.385. The van der Waals surface area contributed by atoms with Gasteiger partial charge in [0.1, 0.15) is 0 Å². The highest BCUT2D eigenvalue weighted by atomic mass is 16.6. The Morgan fingerprint density at radius 3 is 2.82 bits per heavy atom. The first kappa shape index (κ1) is 11.6. The molecule has 1 aromatic rings. The number of anilines is 1. The number of hydrogen-bond acceptors (Lipinski definition) is 3. The van der Waals surface area contributed by atoms with Gasteiger partial charge in [-0.25, -0.2) is 0 Å². The van der Waals surface area contributed by atoms with Crippen molar-refractivity contribution in [3.63, 3.8) is 0 Å². The number of aryl methyl sites for hydroxylation is 1. The molecule has 4 nitrogen and oxygen atoms in total. The zero-order valence-electron chi connectivity index (χ0n) is 9.85. The zero-order valence-corrected chi connectivity index (χ0v) is 9.85. The largest absolute Gasteiger partial charge is 0.382 e. The summed E-state index contributed by atoms with van der Waals surface area (Å²) in [6.45, 7) is 1.87. The topological polar surface area (TPSA) is 55.2 Å². The number of nitrogens with one attached hydrogen (secondary N) is 1. The molecular weight excluding hydrogens is 216 g/mol. The lowest BCUT2D eigenvalue weighted by Crippen LogP contribution is -2.20. The normalized spacial score (nSPS) is 19.0. The van der Waals surface area contributed by atoms with E-state index < -0.39 is 0 Å². The minimum absolute atomic E-state index is 0.152. The van der Waals surface area contributed by atoms with E-state index >= 15 is 0 Å². The predicted octanol–water partition coefficient (Wildman–Crippen LogP) is 3.42. The Balaban J connectivity index is 2.14. The van der Waals surface area contributed by atoms with Crippen molar-refractivity contribution in [1.82, 2.24) is 0 Å². The lowest BCUT2D eigenvalue weighted by atomic mass is 10.0. The molecule has 0 bridgehead atoms. The van der Waals surface area contributed by atoms with Gasteiger partial charge in [0, 0.05) is 23.9 Å². The number of nitro benzene ring substituents is 1. The third kappa shape index (κ3) is 3.06. The molecular formula is C13H16N2O2. The van der Waals surface area contributed by atoms with E-state index in [-0.39, 0.29) is 10.6 Å². The summed E-state index contributed by atoms with van der Waals surface area (Å²) in [5.41, 5.74) is 1.91. The van der Waals surface area contributed by atoms with Crippen LogP contribution in [-0.4, -0.2) is 11.0 Å². The SMILES string of the molecule is Cc1cc(NC2CC=CCC2)cc([N+](=O)[O-])c1. The number of nitro groups is 1. The van der Waals surface area contributed by atoms with Gasteiger partial charge in [0.2, 0.25) is 0 Å². The maximum absolute atomic E-state index is 10.8. The summed E-state index contributed by atoms with van der Waals surface area (Å²) < 4.78 is 0. The fourth-order valence-corrected chi connectivity index (χ4v) is 2.11. The molecule has 4 heteroatoms. The van der Waals surface area contributed by atoms with Crippen molar-refractivity contribution in [3.05, 3.63) is 46.0 Å². The molecule has 0 saturated heterocycles. The second-order valence-electron chi connectivity index (χ2n) is 4.44. The van der Waals surface area contributed by atoms with Gasteiger partial charge < -0.3 is 5.32 Å². The average Bonchev–Trinajstić information content (AvgIpc) is 2.29. The quantitative estimate of drug-likeness (QED) is 0.493. The Morgan fingerprint density at radius 2 is 2.18 bits per heavy atom. The Hall–Kier alpha value is -1.84. The summed E-state index contributed by atoms with van der Waals surface area (Å²) in [6, 6.07) is 5.53. The third-order valence-electron chi connectivity index (χ3n) is 2.91. The van der Waals surface area contributed by atoms with Crippen molar-refractivity contribution in [2.75, 3.05) is 5.32 Å². The first-order chi connectivity index (χ1) is 8.15. The smallest absolute Gasteiger partial charge is 0.271 e. The summed E-state index contributed by atoms with van der Waals surface area (Å²) in [5.74, 6) is 0. The van der Waals surface area contributed by atoms with E-state index in [2.05, 4.69) is 17.5 Å². The molecule has 17 heavy (non-hydrogen) atoms. The fourth-order valence-electron chi connectivity index (χ4n) is 2.11. The molecule has 1 unspecified atom stereocenters. The van der Waals surface area contributed by atoms with Gasteiger partial charge >= 0.3 is 0 Å². The Kier molecular flexibility index (Phi) is 3.42. The third-order valence-corrected chi connectivity index (χ3v) is 2.91. The molecule has 0 aromatic heterocycles.